The molecule has 3 heteroatoms. The predicted octanol–water partition coefficient (Wildman–Crippen LogP) is 3.90. The molecule has 1 aromatic carbocycles. The van der Waals surface area contributed by atoms with Gasteiger partial charge < -0.3 is 5.11 Å². The van der Waals surface area contributed by atoms with Gasteiger partial charge in [0.2, 0.25) is 0 Å². The predicted molar refractivity (Wildman–Crippen MR) is 74.9 cm³/mol. The summed E-state index contributed by atoms with van der Waals surface area (Å²) < 4.78 is 0. The van der Waals surface area contributed by atoms with Gasteiger partial charge in [0.15, 0.2) is 0 Å². The minimum atomic E-state index is -0.493. The lowest BCUT2D eigenvalue weighted by Crippen LogP contribution is -1.95. The van der Waals surface area contributed by atoms with Crippen molar-refractivity contribution in [3.8, 4) is 0 Å². The van der Waals surface area contributed by atoms with Crippen molar-refractivity contribution in [3.05, 3.63) is 53.2 Å². The van der Waals surface area contributed by atoms with Crippen LogP contribution in [0.15, 0.2) is 46.5 Å². The lowest BCUT2D eigenvalue weighted by atomic mass is 10.1. The van der Waals surface area contributed by atoms with Gasteiger partial charge in [0.25, 0.3) is 0 Å². The van der Waals surface area contributed by atoms with Crippen molar-refractivity contribution in [1.82, 2.24) is 4.98 Å². The van der Waals surface area contributed by atoms with Crippen LogP contribution < -0.4 is 0 Å². The fraction of sp³-hybridized carbons (Fsp3) is 0.267. The number of aromatic nitrogens is 1. The Bertz CT molecular complexity index is 552. The number of pyridine rings is 1. The third kappa shape index (κ3) is 2.92. The highest BCUT2D eigenvalue weighted by Crippen LogP contribution is 2.32. The van der Waals surface area contributed by atoms with E-state index in [-0.39, 0.29) is 0 Å². The number of aliphatic hydroxyl groups excluding tert-OH is 1. The van der Waals surface area contributed by atoms with Gasteiger partial charge in [-0.2, -0.15) is 0 Å². The Morgan fingerprint density at radius 1 is 1.17 bits per heavy atom. The molecule has 0 aliphatic rings. The van der Waals surface area contributed by atoms with E-state index in [0.717, 1.165) is 15.5 Å². The van der Waals surface area contributed by atoms with Gasteiger partial charge in [-0.05, 0) is 50.1 Å². The normalized spacial score (nSPS) is 12.4. The highest BCUT2D eigenvalue weighted by Gasteiger charge is 2.10. The van der Waals surface area contributed by atoms with E-state index in [9.17, 15) is 5.11 Å². The third-order valence-electron chi connectivity index (χ3n) is 2.94. The van der Waals surface area contributed by atoms with E-state index in [4.69, 9.17) is 0 Å². The summed E-state index contributed by atoms with van der Waals surface area (Å²) in [5.41, 5.74) is 3.44. The van der Waals surface area contributed by atoms with Gasteiger partial charge in [-0.3, -0.25) is 0 Å². The van der Waals surface area contributed by atoms with Gasteiger partial charge >= 0.3 is 0 Å². The molecule has 18 heavy (non-hydrogen) atoms. The minimum Gasteiger partial charge on any atom is -0.389 e. The molecule has 0 spiro atoms. The maximum absolute atomic E-state index is 9.73. The quantitative estimate of drug-likeness (QED) is 0.907. The molecule has 2 aromatic rings. The summed E-state index contributed by atoms with van der Waals surface area (Å²) in [7, 11) is 0. The lowest BCUT2D eigenvalue weighted by molar-refractivity contribution is 0.195. The maximum atomic E-state index is 9.73. The van der Waals surface area contributed by atoms with Gasteiger partial charge in [0.05, 0.1) is 6.10 Å². The fourth-order valence-corrected chi connectivity index (χ4v) is 2.76. The van der Waals surface area contributed by atoms with Crippen LogP contribution in [0.4, 0.5) is 0 Å². The van der Waals surface area contributed by atoms with Gasteiger partial charge in [-0.1, -0.05) is 23.9 Å². The van der Waals surface area contributed by atoms with E-state index in [1.165, 1.54) is 11.1 Å². The average molecular weight is 259 g/mol. The van der Waals surface area contributed by atoms with E-state index < -0.39 is 6.10 Å². The Labute approximate surface area is 112 Å². The number of aliphatic hydroxyl groups is 1. The van der Waals surface area contributed by atoms with Gasteiger partial charge in [0.1, 0.15) is 5.03 Å². The molecule has 0 saturated carbocycles. The molecule has 0 bridgehead atoms. The van der Waals surface area contributed by atoms with E-state index >= 15 is 0 Å². The monoisotopic (exact) mass is 259 g/mol. The zero-order chi connectivity index (χ0) is 13.1. The van der Waals surface area contributed by atoms with Crippen molar-refractivity contribution < 1.29 is 5.11 Å². The topological polar surface area (TPSA) is 33.1 Å². The molecule has 1 aromatic heterocycles. The Hall–Kier alpha value is -1.32. The molecule has 2 nitrogen and oxygen atoms in total. The maximum Gasteiger partial charge on any atom is 0.106 e. The number of rotatable bonds is 3. The second-order valence-electron chi connectivity index (χ2n) is 4.42. The number of nitrogens with zero attached hydrogens (tertiary/aromatic N) is 1. The number of hydrogen-bond acceptors (Lipinski definition) is 3. The van der Waals surface area contributed by atoms with Crippen molar-refractivity contribution in [2.75, 3.05) is 0 Å². The molecule has 0 aliphatic heterocycles. The van der Waals surface area contributed by atoms with Crippen LogP contribution in [0.3, 0.4) is 0 Å². The largest absolute Gasteiger partial charge is 0.389 e. The SMILES string of the molecule is Cc1ccc(Sc2ncccc2[C@H](C)O)cc1C. The molecular weight excluding hydrogens is 242 g/mol. The van der Waals surface area contributed by atoms with Gasteiger partial charge in [0, 0.05) is 16.7 Å². The number of hydrogen-bond donors (Lipinski definition) is 1. The van der Waals surface area contributed by atoms with E-state index in [2.05, 4.69) is 37.0 Å². The van der Waals surface area contributed by atoms with Crippen molar-refractivity contribution in [2.24, 2.45) is 0 Å². The second kappa shape index (κ2) is 5.55. The Morgan fingerprint density at radius 3 is 2.61 bits per heavy atom. The van der Waals surface area contributed by atoms with E-state index in [1.807, 2.05) is 12.1 Å². The molecule has 0 unspecified atom stereocenters. The zero-order valence-electron chi connectivity index (χ0n) is 10.8. The standard InChI is InChI=1S/C15H17NOS/c1-10-6-7-13(9-11(10)2)18-15-14(12(3)17)5-4-8-16-15/h4-9,12,17H,1-3H3/t12-/m0/s1. The van der Waals surface area contributed by atoms with Crippen molar-refractivity contribution in [2.45, 2.75) is 36.8 Å². The van der Waals surface area contributed by atoms with Crippen LogP contribution >= 0.6 is 11.8 Å². The smallest absolute Gasteiger partial charge is 0.106 e. The van der Waals surface area contributed by atoms with Crippen LogP contribution in [0.5, 0.6) is 0 Å². The summed E-state index contributed by atoms with van der Waals surface area (Å²) in [5, 5.41) is 10.6. The minimum absolute atomic E-state index is 0.493. The lowest BCUT2D eigenvalue weighted by Gasteiger charge is -2.10. The molecule has 0 aliphatic carbocycles. The summed E-state index contributed by atoms with van der Waals surface area (Å²) in [6.45, 7) is 5.97. The Kier molecular flexibility index (Phi) is 4.04. The van der Waals surface area contributed by atoms with Crippen LogP contribution in [0, 0.1) is 13.8 Å². The molecule has 94 valence electrons. The number of aryl methyl sites for hydroxylation is 2. The highest BCUT2D eigenvalue weighted by atomic mass is 32.2. The molecule has 2 rings (SSSR count). The molecule has 0 radical (unpaired) electrons. The van der Waals surface area contributed by atoms with E-state index in [0.29, 0.717) is 0 Å². The van der Waals surface area contributed by atoms with Crippen molar-refractivity contribution >= 4 is 11.8 Å². The van der Waals surface area contributed by atoms with Crippen LogP contribution in [0.1, 0.15) is 29.7 Å². The second-order valence-corrected chi connectivity index (χ2v) is 5.48. The first-order valence-corrected chi connectivity index (χ1v) is 6.77. The first kappa shape index (κ1) is 13.1. The van der Waals surface area contributed by atoms with E-state index in [1.54, 1.807) is 24.9 Å². The summed E-state index contributed by atoms with van der Waals surface area (Å²) in [6.07, 6.45) is 1.27. The Morgan fingerprint density at radius 2 is 1.94 bits per heavy atom. The molecule has 1 heterocycles. The summed E-state index contributed by atoms with van der Waals surface area (Å²) in [6, 6.07) is 10.1. The molecular formula is C15H17NOS. The van der Waals surface area contributed by atoms with Crippen molar-refractivity contribution in [3.63, 3.8) is 0 Å². The molecule has 0 saturated heterocycles. The van der Waals surface area contributed by atoms with Crippen molar-refractivity contribution in [1.29, 1.82) is 0 Å². The third-order valence-corrected chi connectivity index (χ3v) is 3.97. The molecule has 0 fully saturated rings. The highest BCUT2D eigenvalue weighted by molar-refractivity contribution is 7.99. The van der Waals surface area contributed by atoms with Crippen LogP contribution in [-0.4, -0.2) is 10.1 Å². The van der Waals surface area contributed by atoms with Crippen LogP contribution in [-0.2, 0) is 0 Å². The zero-order valence-corrected chi connectivity index (χ0v) is 11.7. The average Bonchev–Trinajstić information content (AvgIpc) is 2.34. The first-order valence-electron chi connectivity index (χ1n) is 5.96. The van der Waals surface area contributed by atoms with Gasteiger partial charge in [-0.25, -0.2) is 4.98 Å². The van der Waals surface area contributed by atoms with Gasteiger partial charge in [-0.15, -0.1) is 0 Å². The summed E-state index contributed by atoms with van der Waals surface area (Å²) in [4.78, 5) is 5.50. The molecule has 1 N–H and O–H groups in total. The van der Waals surface area contributed by atoms with Crippen LogP contribution in [0.25, 0.3) is 0 Å². The summed E-state index contributed by atoms with van der Waals surface area (Å²) >= 11 is 1.59. The molecule has 1 atom stereocenters. The Balaban J connectivity index is 2.31. The summed E-state index contributed by atoms with van der Waals surface area (Å²) in [5.74, 6) is 0. The first-order chi connectivity index (χ1) is 8.58. The fourth-order valence-electron chi connectivity index (χ4n) is 1.70. The number of benzene rings is 1. The molecule has 0 amide bonds. The van der Waals surface area contributed by atoms with Crippen LogP contribution in [0.2, 0.25) is 0 Å².